The van der Waals surface area contributed by atoms with Crippen LogP contribution in [0.1, 0.15) is 5.76 Å². The van der Waals surface area contributed by atoms with Gasteiger partial charge in [-0.3, -0.25) is 0 Å². The van der Waals surface area contributed by atoms with Gasteiger partial charge in [-0.05, 0) is 36.4 Å². The molecule has 0 bridgehead atoms. The number of anilines is 1. The molecule has 0 unspecified atom stereocenters. The summed E-state index contributed by atoms with van der Waals surface area (Å²) in [5, 5.41) is 3.04. The Hall–Kier alpha value is -2.48. The van der Waals surface area contributed by atoms with E-state index in [1.54, 1.807) is 6.26 Å². The molecule has 0 amide bonds. The number of furan rings is 1. The second-order valence-electron chi connectivity index (χ2n) is 4.85. The second-order valence-corrected chi connectivity index (χ2v) is 4.85. The highest BCUT2D eigenvalue weighted by atomic mass is 127. The smallest absolute Gasteiger partial charge is 0.193 e. The molecule has 6 heteroatoms. The van der Waals surface area contributed by atoms with Crippen molar-refractivity contribution in [3.05, 3.63) is 78.8 Å². The zero-order chi connectivity index (χ0) is 15.9. The first-order valence-corrected chi connectivity index (χ1v) is 7.22. The van der Waals surface area contributed by atoms with Crippen LogP contribution in [0.5, 0.6) is 11.5 Å². The highest BCUT2D eigenvalue weighted by Crippen LogP contribution is 2.23. The summed E-state index contributed by atoms with van der Waals surface area (Å²) in [5.41, 5.74) is 6.69. The first-order chi connectivity index (χ1) is 11.3. The first kappa shape index (κ1) is 17.9. The fraction of sp³-hybridized carbons (Fsp3) is 0.0556. The van der Waals surface area contributed by atoms with E-state index >= 15 is 0 Å². The highest BCUT2D eigenvalue weighted by molar-refractivity contribution is 14.0. The Labute approximate surface area is 157 Å². The van der Waals surface area contributed by atoms with Crippen molar-refractivity contribution in [3.8, 4) is 11.5 Å². The van der Waals surface area contributed by atoms with Gasteiger partial charge in [0, 0.05) is 11.8 Å². The van der Waals surface area contributed by atoms with E-state index in [4.69, 9.17) is 14.9 Å². The number of para-hydroxylation sites is 1. The summed E-state index contributed by atoms with van der Waals surface area (Å²) >= 11 is 0. The number of guanidine groups is 1. The SMILES string of the molecule is I.NC(=NCc1ccco1)Nc1cccc(Oc2ccccc2)c1. The number of ether oxygens (including phenoxy) is 1. The van der Waals surface area contributed by atoms with E-state index in [2.05, 4.69) is 10.3 Å². The van der Waals surface area contributed by atoms with Crippen LogP contribution in [0.25, 0.3) is 0 Å². The van der Waals surface area contributed by atoms with Gasteiger partial charge in [-0.25, -0.2) is 4.99 Å². The number of nitrogens with two attached hydrogens (primary N) is 1. The Morgan fingerprint density at radius 3 is 2.54 bits per heavy atom. The van der Waals surface area contributed by atoms with E-state index in [9.17, 15) is 0 Å². The number of hydrogen-bond acceptors (Lipinski definition) is 3. The number of halogens is 1. The summed E-state index contributed by atoms with van der Waals surface area (Å²) in [6.45, 7) is 0.395. The topological polar surface area (TPSA) is 72.8 Å². The van der Waals surface area contributed by atoms with Gasteiger partial charge >= 0.3 is 0 Å². The van der Waals surface area contributed by atoms with Crippen molar-refractivity contribution < 1.29 is 9.15 Å². The largest absolute Gasteiger partial charge is 0.467 e. The lowest BCUT2D eigenvalue weighted by Crippen LogP contribution is -2.22. The fourth-order valence-electron chi connectivity index (χ4n) is 2.02. The third-order valence-corrected chi connectivity index (χ3v) is 3.07. The van der Waals surface area contributed by atoms with Gasteiger partial charge < -0.3 is 20.2 Å². The molecule has 3 N–H and O–H groups in total. The minimum atomic E-state index is 0. The number of aliphatic imine (C=N–C) groups is 1. The minimum absolute atomic E-state index is 0. The van der Waals surface area contributed by atoms with Gasteiger partial charge in [-0.15, -0.1) is 24.0 Å². The number of benzene rings is 2. The summed E-state index contributed by atoms with van der Waals surface area (Å²) in [7, 11) is 0. The molecule has 0 aliphatic rings. The average molecular weight is 435 g/mol. The molecule has 0 saturated carbocycles. The van der Waals surface area contributed by atoms with Crippen molar-refractivity contribution in [1.82, 2.24) is 0 Å². The Balaban J connectivity index is 0.00000208. The summed E-state index contributed by atoms with van der Waals surface area (Å²) < 4.78 is 11.0. The van der Waals surface area contributed by atoms with E-state index < -0.39 is 0 Å². The van der Waals surface area contributed by atoms with Gasteiger partial charge in [0.05, 0.1) is 6.26 Å². The van der Waals surface area contributed by atoms with E-state index in [1.807, 2.05) is 66.7 Å². The molecule has 0 atom stereocenters. The molecule has 1 heterocycles. The molecule has 3 aromatic rings. The van der Waals surface area contributed by atoms with Crippen LogP contribution in [-0.4, -0.2) is 5.96 Å². The van der Waals surface area contributed by atoms with Crippen molar-refractivity contribution in [2.75, 3.05) is 5.32 Å². The standard InChI is InChI=1S/C18H17N3O2.HI/c19-18(20-13-17-10-5-11-22-17)21-14-6-4-9-16(12-14)23-15-7-2-1-3-8-15;/h1-12H,13H2,(H3,19,20,21);1H. The second kappa shape index (κ2) is 8.97. The minimum Gasteiger partial charge on any atom is -0.467 e. The normalized spacial score (nSPS) is 10.8. The molecule has 24 heavy (non-hydrogen) atoms. The Bertz CT molecular complexity index is 774. The summed E-state index contributed by atoms with van der Waals surface area (Å²) in [6, 6.07) is 20.8. The molecule has 0 aliphatic carbocycles. The lowest BCUT2D eigenvalue weighted by molar-refractivity contribution is 0.483. The molecule has 0 radical (unpaired) electrons. The molecule has 124 valence electrons. The Kier molecular flexibility index (Phi) is 6.68. The van der Waals surface area contributed by atoms with Crippen LogP contribution >= 0.6 is 24.0 Å². The van der Waals surface area contributed by atoms with Crippen molar-refractivity contribution in [2.45, 2.75) is 6.54 Å². The summed E-state index contributed by atoms with van der Waals surface area (Å²) in [4.78, 5) is 4.22. The van der Waals surface area contributed by atoms with Crippen LogP contribution < -0.4 is 15.8 Å². The van der Waals surface area contributed by atoms with Crippen LogP contribution in [0.4, 0.5) is 5.69 Å². The van der Waals surface area contributed by atoms with Crippen molar-refractivity contribution in [2.24, 2.45) is 10.7 Å². The Morgan fingerprint density at radius 2 is 1.79 bits per heavy atom. The van der Waals surface area contributed by atoms with Crippen molar-refractivity contribution in [1.29, 1.82) is 0 Å². The molecule has 0 aliphatic heterocycles. The van der Waals surface area contributed by atoms with E-state index in [1.165, 1.54) is 0 Å². The molecule has 3 rings (SSSR count). The molecule has 1 aromatic heterocycles. The van der Waals surface area contributed by atoms with Crippen molar-refractivity contribution in [3.63, 3.8) is 0 Å². The maximum absolute atomic E-state index is 5.88. The van der Waals surface area contributed by atoms with Gasteiger partial charge in [0.2, 0.25) is 0 Å². The quantitative estimate of drug-likeness (QED) is 0.349. The first-order valence-electron chi connectivity index (χ1n) is 7.22. The predicted molar refractivity (Wildman–Crippen MR) is 106 cm³/mol. The van der Waals surface area contributed by atoms with Gasteiger partial charge in [-0.2, -0.15) is 0 Å². The molecular weight excluding hydrogens is 417 g/mol. The van der Waals surface area contributed by atoms with Crippen LogP contribution in [0.3, 0.4) is 0 Å². The third kappa shape index (κ3) is 5.31. The highest BCUT2D eigenvalue weighted by Gasteiger charge is 2.01. The van der Waals surface area contributed by atoms with Crippen LogP contribution in [-0.2, 0) is 6.54 Å². The molecule has 0 fully saturated rings. The lowest BCUT2D eigenvalue weighted by Gasteiger charge is -2.09. The number of nitrogens with zero attached hydrogens (tertiary/aromatic N) is 1. The van der Waals surface area contributed by atoms with Gasteiger partial charge in [0.25, 0.3) is 0 Å². The van der Waals surface area contributed by atoms with E-state index in [0.29, 0.717) is 12.5 Å². The maximum atomic E-state index is 5.88. The zero-order valence-electron chi connectivity index (χ0n) is 12.9. The van der Waals surface area contributed by atoms with Crippen LogP contribution in [0.2, 0.25) is 0 Å². The monoisotopic (exact) mass is 435 g/mol. The van der Waals surface area contributed by atoms with Gasteiger partial charge in [0.1, 0.15) is 23.8 Å². The molecule has 2 aromatic carbocycles. The fourth-order valence-corrected chi connectivity index (χ4v) is 2.02. The van der Waals surface area contributed by atoms with Crippen LogP contribution in [0.15, 0.2) is 82.4 Å². The molecule has 5 nitrogen and oxygen atoms in total. The maximum Gasteiger partial charge on any atom is 0.193 e. The predicted octanol–water partition coefficient (Wildman–Crippen LogP) is 4.62. The number of hydrogen-bond donors (Lipinski definition) is 2. The lowest BCUT2D eigenvalue weighted by atomic mass is 10.3. The molecule has 0 spiro atoms. The number of nitrogens with one attached hydrogen (secondary N) is 1. The van der Waals surface area contributed by atoms with E-state index in [0.717, 1.165) is 22.9 Å². The van der Waals surface area contributed by atoms with Crippen molar-refractivity contribution >= 4 is 35.6 Å². The van der Waals surface area contributed by atoms with Crippen LogP contribution in [0, 0.1) is 0 Å². The molecule has 0 saturated heterocycles. The van der Waals surface area contributed by atoms with E-state index in [-0.39, 0.29) is 24.0 Å². The summed E-state index contributed by atoms with van der Waals surface area (Å²) in [5.74, 6) is 2.58. The average Bonchev–Trinajstić information content (AvgIpc) is 3.08. The molecular formula is C18H18IN3O2. The van der Waals surface area contributed by atoms with Gasteiger partial charge in [0.15, 0.2) is 5.96 Å². The summed E-state index contributed by atoms with van der Waals surface area (Å²) in [6.07, 6.45) is 1.61. The zero-order valence-corrected chi connectivity index (χ0v) is 15.2. The number of rotatable bonds is 5. The Morgan fingerprint density at radius 1 is 1.00 bits per heavy atom. The van der Waals surface area contributed by atoms with Gasteiger partial charge in [-0.1, -0.05) is 24.3 Å². The third-order valence-electron chi connectivity index (χ3n) is 3.07.